The minimum atomic E-state index is -0.681. The van der Waals surface area contributed by atoms with Gasteiger partial charge in [0, 0.05) is 32.7 Å². The van der Waals surface area contributed by atoms with Gasteiger partial charge in [0.15, 0.2) is 6.10 Å². The van der Waals surface area contributed by atoms with Gasteiger partial charge in [0.05, 0.1) is 12.2 Å². The van der Waals surface area contributed by atoms with Crippen molar-refractivity contribution in [2.24, 2.45) is 5.92 Å². The third-order valence-corrected chi connectivity index (χ3v) is 6.60. The molecule has 1 aliphatic heterocycles. The van der Waals surface area contributed by atoms with Gasteiger partial charge in [-0.2, -0.15) is 5.10 Å². The quantitative estimate of drug-likeness (QED) is 0.730. The summed E-state index contributed by atoms with van der Waals surface area (Å²) in [4.78, 5) is 27.5. The van der Waals surface area contributed by atoms with Crippen molar-refractivity contribution in [2.45, 2.75) is 57.1 Å². The number of nitrogens with one attached hydrogen (secondary N) is 1. The first-order valence-corrected chi connectivity index (χ1v) is 11.4. The Kier molecular flexibility index (Phi) is 7.02. The maximum atomic E-state index is 12.9. The molecule has 1 saturated heterocycles. The second-order valence-electron chi connectivity index (χ2n) is 8.64. The molecule has 1 saturated carbocycles. The maximum absolute atomic E-state index is 12.9. The van der Waals surface area contributed by atoms with E-state index in [1.165, 1.54) is 32.8 Å². The zero-order valence-electron chi connectivity index (χ0n) is 18.2. The number of rotatable bonds is 7. The molecule has 2 aliphatic rings. The highest BCUT2D eigenvalue weighted by molar-refractivity contribution is 5.94. The SMILES string of the molecule is COC(C(=O)Nc1ccnn1C1CCN(C(=O)CC2CCCC2)CC1)c1ccccc1. The molecule has 0 radical (unpaired) electrons. The summed E-state index contributed by atoms with van der Waals surface area (Å²) in [6.45, 7) is 1.49. The third-order valence-electron chi connectivity index (χ3n) is 6.60. The summed E-state index contributed by atoms with van der Waals surface area (Å²) in [5.41, 5.74) is 0.808. The van der Waals surface area contributed by atoms with Crippen LogP contribution >= 0.6 is 0 Å². The highest BCUT2D eigenvalue weighted by Gasteiger charge is 2.28. The van der Waals surface area contributed by atoms with Crippen molar-refractivity contribution in [1.82, 2.24) is 14.7 Å². The van der Waals surface area contributed by atoms with Crippen molar-refractivity contribution in [3.8, 4) is 0 Å². The highest BCUT2D eigenvalue weighted by Crippen LogP contribution is 2.30. The lowest BCUT2D eigenvalue weighted by Gasteiger charge is -2.33. The van der Waals surface area contributed by atoms with Gasteiger partial charge in [-0.1, -0.05) is 43.2 Å². The molecule has 2 fully saturated rings. The number of carbonyl (C=O) groups is 2. The molecule has 1 N–H and O–H groups in total. The summed E-state index contributed by atoms with van der Waals surface area (Å²) < 4.78 is 7.32. The van der Waals surface area contributed by atoms with Gasteiger partial charge in [-0.3, -0.25) is 9.59 Å². The van der Waals surface area contributed by atoms with Crippen molar-refractivity contribution in [3.05, 3.63) is 48.2 Å². The number of nitrogens with zero attached hydrogens (tertiary/aromatic N) is 3. The Labute approximate surface area is 183 Å². The third kappa shape index (κ3) is 5.15. The molecule has 4 rings (SSSR count). The maximum Gasteiger partial charge on any atom is 0.259 e. The monoisotopic (exact) mass is 424 g/mol. The molecule has 31 heavy (non-hydrogen) atoms. The van der Waals surface area contributed by atoms with E-state index in [1.807, 2.05) is 46.0 Å². The van der Waals surface area contributed by atoms with Gasteiger partial charge in [-0.25, -0.2) is 4.68 Å². The molecule has 7 nitrogen and oxygen atoms in total. The van der Waals surface area contributed by atoms with Crippen molar-refractivity contribution < 1.29 is 14.3 Å². The number of benzene rings is 1. The van der Waals surface area contributed by atoms with Crippen molar-refractivity contribution in [3.63, 3.8) is 0 Å². The molecule has 1 aliphatic carbocycles. The summed E-state index contributed by atoms with van der Waals surface area (Å²) in [7, 11) is 1.53. The molecule has 1 aromatic carbocycles. The predicted octanol–water partition coefficient (Wildman–Crippen LogP) is 3.95. The number of piperidine rings is 1. The summed E-state index contributed by atoms with van der Waals surface area (Å²) >= 11 is 0. The van der Waals surface area contributed by atoms with Crippen molar-refractivity contribution >= 4 is 17.6 Å². The van der Waals surface area contributed by atoms with E-state index in [1.54, 1.807) is 6.20 Å². The lowest BCUT2D eigenvalue weighted by molar-refractivity contribution is -0.133. The zero-order valence-corrected chi connectivity index (χ0v) is 18.2. The Morgan fingerprint density at radius 1 is 1.10 bits per heavy atom. The zero-order chi connectivity index (χ0) is 21.6. The van der Waals surface area contributed by atoms with E-state index in [0.717, 1.165) is 31.5 Å². The molecule has 0 spiro atoms. The molecular weight excluding hydrogens is 392 g/mol. The molecule has 1 atom stereocenters. The van der Waals surface area contributed by atoms with E-state index in [-0.39, 0.29) is 11.9 Å². The van der Waals surface area contributed by atoms with Crippen molar-refractivity contribution in [1.29, 1.82) is 0 Å². The first-order valence-electron chi connectivity index (χ1n) is 11.4. The van der Waals surface area contributed by atoms with Crippen LogP contribution in [0.4, 0.5) is 5.82 Å². The first kappa shape index (κ1) is 21.6. The van der Waals surface area contributed by atoms with Crippen LogP contribution in [0.15, 0.2) is 42.6 Å². The number of anilines is 1. The van der Waals surface area contributed by atoms with Crippen LogP contribution in [0, 0.1) is 5.92 Å². The summed E-state index contributed by atoms with van der Waals surface area (Å²) in [6.07, 6.45) is 8.33. The molecular formula is C24H32N4O3. The average Bonchev–Trinajstić information content (AvgIpc) is 3.47. The van der Waals surface area contributed by atoms with Gasteiger partial charge in [0.25, 0.3) is 5.91 Å². The standard InChI is InChI=1S/C24H32N4O3/c1-31-23(19-9-3-2-4-10-19)24(30)26-21-11-14-25-28(21)20-12-15-27(16-13-20)22(29)17-18-7-5-6-8-18/h2-4,9-11,14,18,20,23H,5-8,12-13,15-17H2,1H3,(H,26,30). The Hall–Kier alpha value is -2.67. The minimum absolute atomic E-state index is 0.165. The molecule has 2 aromatic rings. The Balaban J connectivity index is 1.34. The topological polar surface area (TPSA) is 76.5 Å². The summed E-state index contributed by atoms with van der Waals surface area (Å²) in [6, 6.07) is 11.4. The number of methoxy groups -OCH3 is 1. The number of ether oxygens (including phenoxy) is 1. The van der Waals surface area contributed by atoms with Gasteiger partial charge in [0.2, 0.25) is 5.91 Å². The minimum Gasteiger partial charge on any atom is -0.367 e. The van der Waals surface area contributed by atoms with Gasteiger partial charge in [0.1, 0.15) is 5.82 Å². The van der Waals surface area contributed by atoms with Crippen LogP contribution in [-0.4, -0.2) is 46.7 Å². The first-order chi connectivity index (χ1) is 15.2. The number of hydrogen-bond acceptors (Lipinski definition) is 4. The normalized spacial score (nSPS) is 18.8. The van der Waals surface area contributed by atoms with E-state index >= 15 is 0 Å². The van der Waals surface area contributed by atoms with Gasteiger partial charge < -0.3 is 15.0 Å². The number of aromatic nitrogens is 2. The average molecular weight is 425 g/mol. The fourth-order valence-electron chi connectivity index (χ4n) is 4.87. The second kappa shape index (κ2) is 10.1. The summed E-state index contributed by atoms with van der Waals surface area (Å²) in [5, 5.41) is 7.44. The molecule has 2 heterocycles. The lowest BCUT2D eigenvalue weighted by atomic mass is 10.0. The fraction of sp³-hybridized carbons (Fsp3) is 0.542. The fourth-order valence-corrected chi connectivity index (χ4v) is 4.87. The predicted molar refractivity (Wildman–Crippen MR) is 118 cm³/mol. The Bertz CT molecular complexity index is 868. The number of amides is 2. The highest BCUT2D eigenvalue weighted by atomic mass is 16.5. The van der Waals surface area contributed by atoms with Crippen LogP contribution in [0.3, 0.4) is 0 Å². The van der Waals surface area contributed by atoms with Crippen LogP contribution < -0.4 is 5.32 Å². The lowest BCUT2D eigenvalue weighted by Crippen LogP contribution is -2.40. The van der Waals surface area contributed by atoms with Crippen molar-refractivity contribution in [2.75, 3.05) is 25.5 Å². The van der Waals surface area contributed by atoms with E-state index in [2.05, 4.69) is 10.4 Å². The Morgan fingerprint density at radius 3 is 2.48 bits per heavy atom. The van der Waals surface area contributed by atoms with Gasteiger partial charge >= 0.3 is 0 Å². The van der Waals surface area contributed by atoms with E-state index < -0.39 is 6.10 Å². The van der Waals surface area contributed by atoms with Crippen LogP contribution in [0.25, 0.3) is 0 Å². The molecule has 1 unspecified atom stereocenters. The van der Waals surface area contributed by atoms with E-state index in [4.69, 9.17) is 4.74 Å². The second-order valence-corrected chi connectivity index (χ2v) is 8.64. The van der Waals surface area contributed by atoms with E-state index in [9.17, 15) is 9.59 Å². The molecule has 1 aromatic heterocycles. The molecule has 2 amide bonds. The Morgan fingerprint density at radius 2 is 1.81 bits per heavy atom. The van der Waals surface area contributed by atoms with Crippen LogP contribution in [0.2, 0.25) is 0 Å². The molecule has 166 valence electrons. The van der Waals surface area contributed by atoms with E-state index in [0.29, 0.717) is 24.1 Å². The van der Waals surface area contributed by atoms with Crippen LogP contribution in [0.5, 0.6) is 0 Å². The number of hydrogen-bond donors (Lipinski definition) is 1. The van der Waals surface area contributed by atoms with Crippen LogP contribution in [-0.2, 0) is 14.3 Å². The largest absolute Gasteiger partial charge is 0.367 e. The van der Waals surface area contributed by atoms with Gasteiger partial charge in [-0.15, -0.1) is 0 Å². The smallest absolute Gasteiger partial charge is 0.259 e. The van der Waals surface area contributed by atoms with Gasteiger partial charge in [-0.05, 0) is 37.2 Å². The molecule has 7 heteroatoms. The van der Waals surface area contributed by atoms with Crippen LogP contribution in [0.1, 0.15) is 62.7 Å². The number of carbonyl (C=O) groups excluding carboxylic acids is 2. The number of likely N-dealkylation sites (tertiary alicyclic amines) is 1. The summed E-state index contributed by atoms with van der Waals surface area (Å²) in [5.74, 6) is 1.32. The molecule has 0 bridgehead atoms.